The van der Waals surface area contributed by atoms with Crippen LogP contribution in [-0.4, -0.2) is 12.9 Å². The van der Waals surface area contributed by atoms with E-state index in [1.807, 2.05) is 12.1 Å². The third-order valence-corrected chi connectivity index (χ3v) is 3.87. The fraction of sp³-hybridized carbons (Fsp3) is 0.235. The molecule has 0 aliphatic heterocycles. The van der Waals surface area contributed by atoms with Crippen LogP contribution < -0.4 is 10.5 Å². The summed E-state index contributed by atoms with van der Waals surface area (Å²) in [5, 5.41) is 0. The van der Waals surface area contributed by atoms with E-state index in [1.54, 1.807) is 25.3 Å². The molecule has 0 bridgehead atoms. The summed E-state index contributed by atoms with van der Waals surface area (Å²) in [5.41, 5.74) is 10.2. The van der Waals surface area contributed by atoms with Crippen molar-refractivity contribution in [2.75, 3.05) is 12.8 Å². The third kappa shape index (κ3) is 2.05. The van der Waals surface area contributed by atoms with Crippen LogP contribution in [0.5, 0.6) is 5.75 Å². The van der Waals surface area contributed by atoms with Gasteiger partial charge in [-0.05, 0) is 48.6 Å². The Hall–Kier alpha value is -2.29. The van der Waals surface area contributed by atoms with E-state index in [-0.39, 0.29) is 5.78 Å². The number of ether oxygens (including phenoxy) is 1. The summed E-state index contributed by atoms with van der Waals surface area (Å²) in [6.07, 6.45) is 3.34. The molecule has 0 saturated heterocycles. The van der Waals surface area contributed by atoms with Crippen LogP contribution in [0.4, 0.5) is 5.69 Å². The molecule has 0 heterocycles. The molecule has 0 radical (unpaired) electrons. The maximum atomic E-state index is 12.7. The zero-order valence-corrected chi connectivity index (χ0v) is 11.5. The second kappa shape index (κ2) is 5.00. The normalized spacial score (nSPS) is 13.1. The van der Waals surface area contributed by atoms with Crippen LogP contribution >= 0.6 is 0 Å². The largest absolute Gasteiger partial charge is 0.496 e. The molecular weight excluding hydrogens is 250 g/mol. The van der Waals surface area contributed by atoms with E-state index in [1.165, 1.54) is 17.5 Å². The van der Waals surface area contributed by atoms with Crippen molar-refractivity contribution in [3.05, 3.63) is 58.7 Å². The van der Waals surface area contributed by atoms with Gasteiger partial charge in [-0.2, -0.15) is 0 Å². The van der Waals surface area contributed by atoms with Gasteiger partial charge in [0, 0.05) is 11.3 Å². The number of rotatable bonds is 3. The molecule has 0 atom stereocenters. The van der Waals surface area contributed by atoms with Crippen LogP contribution in [0.1, 0.15) is 33.5 Å². The summed E-state index contributed by atoms with van der Waals surface area (Å²) in [5.74, 6) is 0.449. The van der Waals surface area contributed by atoms with Gasteiger partial charge in [-0.25, -0.2) is 0 Å². The van der Waals surface area contributed by atoms with E-state index in [2.05, 4.69) is 6.07 Å². The summed E-state index contributed by atoms with van der Waals surface area (Å²) in [6, 6.07) is 11.2. The molecule has 0 spiro atoms. The van der Waals surface area contributed by atoms with Gasteiger partial charge in [0.05, 0.1) is 12.7 Å². The Morgan fingerprint density at radius 1 is 1.15 bits per heavy atom. The molecule has 1 aliphatic carbocycles. The first-order chi connectivity index (χ1) is 9.70. The van der Waals surface area contributed by atoms with Gasteiger partial charge in [0.1, 0.15) is 5.75 Å². The van der Waals surface area contributed by atoms with E-state index in [9.17, 15) is 4.79 Å². The monoisotopic (exact) mass is 267 g/mol. The molecule has 0 fully saturated rings. The molecule has 0 unspecified atom stereocenters. The Labute approximate surface area is 118 Å². The minimum Gasteiger partial charge on any atom is -0.496 e. The predicted molar refractivity (Wildman–Crippen MR) is 79.3 cm³/mol. The second-order valence-corrected chi connectivity index (χ2v) is 5.09. The highest BCUT2D eigenvalue weighted by atomic mass is 16.5. The number of hydrogen-bond donors (Lipinski definition) is 1. The highest BCUT2D eigenvalue weighted by Crippen LogP contribution is 2.29. The molecule has 102 valence electrons. The van der Waals surface area contributed by atoms with Crippen molar-refractivity contribution in [1.29, 1.82) is 0 Å². The van der Waals surface area contributed by atoms with Gasteiger partial charge >= 0.3 is 0 Å². The smallest absolute Gasteiger partial charge is 0.198 e. The number of anilines is 1. The molecule has 1 aliphatic rings. The number of ketones is 1. The maximum absolute atomic E-state index is 12.7. The molecular formula is C17H17NO2. The van der Waals surface area contributed by atoms with Crippen molar-refractivity contribution in [3.63, 3.8) is 0 Å². The Kier molecular flexibility index (Phi) is 3.18. The fourth-order valence-electron chi connectivity index (χ4n) is 2.82. The average Bonchev–Trinajstić information content (AvgIpc) is 2.93. The van der Waals surface area contributed by atoms with Gasteiger partial charge in [0.2, 0.25) is 0 Å². The van der Waals surface area contributed by atoms with Crippen molar-refractivity contribution in [2.45, 2.75) is 19.3 Å². The second-order valence-electron chi connectivity index (χ2n) is 5.09. The lowest BCUT2D eigenvalue weighted by molar-refractivity contribution is 0.103. The predicted octanol–water partition coefficient (Wildman–Crippen LogP) is 3.00. The highest BCUT2D eigenvalue weighted by molar-refractivity contribution is 6.14. The Morgan fingerprint density at radius 3 is 2.75 bits per heavy atom. The summed E-state index contributed by atoms with van der Waals surface area (Å²) in [4.78, 5) is 12.7. The Bertz CT molecular complexity index is 677. The van der Waals surface area contributed by atoms with E-state index >= 15 is 0 Å². The van der Waals surface area contributed by atoms with Gasteiger partial charge in [0.25, 0.3) is 0 Å². The molecule has 3 rings (SSSR count). The summed E-state index contributed by atoms with van der Waals surface area (Å²) in [7, 11) is 1.55. The molecule has 2 aromatic carbocycles. The lowest BCUT2D eigenvalue weighted by Gasteiger charge is -2.11. The SMILES string of the molecule is COc1cccc(N)c1C(=O)c1ccc2c(c1)CCC2. The first-order valence-corrected chi connectivity index (χ1v) is 6.79. The molecule has 0 amide bonds. The van der Waals surface area contributed by atoms with Gasteiger partial charge in [-0.15, -0.1) is 0 Å². The van der Waals surface area contributed by atoms with Crippen molar-refractivity contribution < 1.29 is 9.53 Å². The van der Waals surface area contributed by atoms with Gasteiger partial charge < -0.3 is 10.5 Å². The first-order valence-electron chi connectivity index (χ1n) is 6.79. The number of aryl methyl sites for hydroxylation is 2. The number of fused-ring (bicyclic) bond motifs is 1. The van der Waals surface area contributed by atoms with Gasteiger partial charge in [-0.3, -0.25) is 4.79 Å². The van der Waals surface area contributed by atoms with Crippen LogP contribution in [0.3, 0.4) is 0 Å². The van der Waals surface area contributed by atoms with Crippen LogP contribution in [0.2, 0.25) is 0 Å². The number of hydrogen-bond acceptors (Lipinski definition) is 3. The summed E-state index contributed by atoms with van der Waals surface area (Å²) < 4.78 is 5.26. The minimum atomic E-state index is -0.0744. The molecule has 2 aromatic rings. The zero-order valence-electron chi connectivity index (χ0n) is 11.5. The number of nitrogen functional groups attached to an aromatic ring is 1. The number of carbonyl (C=O) groups excluding carboxylic acids is 1. The molecule has 2 N–H and O–H groups in total. The first kappa shape index (κ1) is 12.7. The van der Waals surface area contributed by atoms with E-state index in [0.29, 0.717) is 22.6 Å². The molecule has 3 heteroatoms. The minimum absolute atomic E-state index is 0.0744. The number of nitrogens with two attached hydrogens (primary N) is 1. The van der Waals surface area contributed by atoms with Crippen LogP contribution in [-0.2, 0) is 12.8 Å². The van der Waals surface area contributed by atoms with Crippen LogP contribution in [0.25, 0.3) is 0 Å². The quantitative estimate of drug-likeness (QED) is 0.687. The van der Waals surface area contributed by atoms with E-state index in [4.69, 9.17) is 10.5 Å². The Morgan fingerprint density at radius 2 is 1.95 bits per heavy atom. The zero-order chi connectivity index (χ0) is 14.1. The molecule has 0 aromatic heterocycles. The van der Waals surface area contributed by atoms with E-state index in [0.717, 1.165) is 12.8 Å². The van der Waals surface area contributed by atoms with Crippen LogP contribution in [0, 0.1) is 0 Å². The molecule has 3 nitrogen and oxygen atoms in total. The standard InChI is InChI=1S/C17H17NO2/c1-20-15-7-3-6-14(18)16(15)17(19)13-9-8-11-4-2-5-12(11)10-13/h3,6-10H,2,4-5,18H2,1H3. The fourth-order valence-corrected chi connectivity index (χ4v) is 2.82. The van der Waals surface area contributed by atoms with Crippen molar-refractivity contribution >= 4 is 11.5 Å². The van der Waals surface area contributed by atoms with Crippen LogP contribution in [0.15, 0.2) is 36.4 Å². The topological polar surface area (TPSA) is 52.3 Å². The summed E-state index contributed by atoms with van der Waals surface area (Å²) >= 11 is 0. The average molecular weight is 267 g/mol. The lowest BCUT2D eigenvalue weighted by atomic mass is 9.97. The number of benzene rings is 2. The lowest BCUT2D eigenvalue weighted by Crippen LogP contribution is -2.08. The van der Waals surface area contributed by atoms with E-state index < -0.39 is 0 Å². The van der Waals surface area contributed by atoms with Gasteiger partial charge in [0.15, 0.2) is 5.78 Å². The van der Waals surface area contributed by atoms with Crippen molar-refractivity contribution in [1.82, 2.24) is 0 Å². The highest BCUT2D eigenvalue weighted by Gasteiger charge is 2.19. The number of carbonyl (C=O) groups is 1. The maximum Gasteiger partial charge on any atom is 0.198 e. The third-order valence-electron chi connectivity index (χ3n) is 3.87. The Balaban J connectivity index is 2.05. The molecule has 20 heavy (non-hydrogen) atoms. The summed E-state index contributed by atoms with van der Waals surface area (Å²) in [6.45, 7) is 0. The molecule has 0 saturated carbocycles. The number of methoxy groups -OCH3 is 1. The van der Waals surface area contributed by atoms with Crippen molar-refractivity contribution in [3.8, 4) is 5.75 Å². The van der Waals surface area contributed by atoms with Gasteiger partial charge in [-0.1, -0.05) is 18.2 Å². The van der Waals surface area contributed by atoms with Crippen molar-refractivity contribution in [2.24, 2.45) is 0 Å².